The van der Waals surface area contributed by atoms with Crippen molar-refractivity contribution in [3.63, 3.8) is 0 Å². The summed E-state index contributed by atoms with van der Waals surface area (Å²) in [6.45, 7) is 15.4. The Morgan fingerprint density at radius 3 is 2.05 bits per heavy atom. The van der Waals surface area contributed by atoms with E-state index in [9.17, 15) is 4.79 Å². The van der Waals surface area contributed by atoms with Gasteiger partial charge in [0.15, 0.2) is 8.32 Å². The van der Waals surface area contributed by atoms with E-state index in [1.807, 2.05) is 36.4 Å². The highest BCUT2D eigenvalue weighted by molar-refractivity contribution is 6.74. The van der Waals surface area contributed by atoms with Gasteiger partial charge in [0.05, 0.1) is 12.1 Å². The second kappa shape index (κ2) is 13.6. The lowest BCUT2D eigenvalue weighted by Crippen LogP contribution is -2.51. The first kappa shape index (κ1) is 30.8. The van der Waals surface area contributed by atoms with Crippen LogP contribution in [0.1, 0.15) is 64.0 Å². The number of imidazole rings is 1. The maximum Gasteiger partial charge on any atom is 0.224 e. The molecule has 1 heterocycles. The second-order valence-electron chi connectivity index (χ2n) is 12.6. The lowest BCUT2D eigenvalue weighted by Gasteiger charge is -2.41. The molecule has 0 spiro atoms. The number of nitrogens with zero attached hydrogens (tertiary/aromatic N) is 1. The van der Waals surface area contributed by atoms with Gasteiger partial charge in [-0.2, -0.15) is 0 Å². The number of nitrogens with one attached hydrogen (secondary N) is 2. The van der Waals surface area contributed by atoms with Gasteiger partial charge in [-0.1, -0.05) is 95.3 Å². The predicted molar refractivity (Wildman–Crippen MR) is 163 cm³/mol. The first-order valence-corrected chi connectivity index (χ1v) is 17.1. The van der Waals surface area contributed by atoms with Crippen LogP contribution >= 0.6 is 0 Å². The molecule has 0 bridgehead atoms. The van der Waals surface area contributed by atoms with Crippen molar-refractivity contribution in [2.45, 2.75) is 90.2 Å². The van der Waals surface area contributed by atoms with Crippen LogP contribution in [0.2, 0.25) is 18.1 Å². The fourth-order valence-electron chi connectivity index (χ4n) is 4.61. The molecule has 4 atom stereocenters. The molecule has 39 heavy (non-hydrogen) atoms. The quantitative estimate of drug-likeness (QED) is 0.215. The third-order valence-electron chi connectivity index (χ3n) is 8.03. The molecule has 0 aliphatic heterocycles. The van der Waals surface area contributed by atoms with Crippen LogP contribution in [0.3, 0.4) is 0 Å². The summed E-state index contributed by atoms with van der Waals surface area (Å²) in [5.74, 6) is 0.647. The number of benzene rings is 2. The lowest BCUT2D eigenvalue weighted by molar-refractivity contribution is -0.127. The predicted octanol–water partition coefficient (Wildman–Crippen LogP) is 6.43. The van der Waals surface area contributed by atoms with Gasteiger partial charge >= 0.3 is 0 Å². The number of nitrogens with two attached hydrogens (primary N) is 1. The van der Waals surface area contributed by atoms with Gasteiger partial charge in [0.2, 0.25) is 5.91 Å². The fraction of sp³-hybridized carbons (Fsp3) is 0.500. The number of hydrogen-bond acceptors (Lipinski definition) is 4. The van der Waals surface area contributed by atoms with Crippen LogP contribution in [0.25, 0.3) is 0 Å². The molecule has 3 aromatic rings. The smallest absolute Gasteiger partial charge is 0.224 e. The van der Waals surface area contributed by atoms with E-state index in [1.165, 1.54) is 5.56 Å². The van der Waals surface area contributed by atoms with Crippen molar-refractivity contribution in [3.05, 3.63) is 90.0 Å². The van der Waals surface area contributed by atoms with E-state index in [2.05, 4.69) is 87.3 Å². The number of amides is 1. The van der Waals surface area contributed by atoms with Crippen molar-refractivity contribution in [2.75, 3.05) is 0 Å². The summed E-state index contributed by atoms with van der Waals surface area (Å²) in [5.41, 5.74) is 9.22. The number of hydrogen-bond donors (Lipinski definition) is 3. The largest absolute Gasteiger partial charge is 0.412 e. The van der Waals surface area contributed by atoms with Crippen molar-refractivity contribution in [2.24, 2.45) is 17.6 Å². The summed E-state index contributed by atoms with van der Waals surface area (Å²) in [6.07, 6.45) is 5.12. The van der Waals surface area contributed by atoms with Gasteiger partial charge in [-0.05, 0) is 54.4 Å². The molecule has 3 rings (SSSR count). The van der Waals surface area contributed by atoms with Crippen LogP contribution in [-0.2, 0) is 22.1 Å². The van der Waals surface area contributed by atoms with Crippen molar-refractivity contribution < 1.29 is 9.22 Å². The molecule has 4 N–H and O–H groups in total. The molecule has 1 amide bonds. The normalized spacial score (nSPS) is 15.5. The zero-order chi connectivity index (χ0) is 28.6. The Bertz CT molecular complexity index is 1130. The Morgan fingerprint density at radius 2 is 1.56 bits per heavy atom. The highest BCUT2D eigenvalue weighted by Gasteiger charge is 2.41. The van der Waals surface area contributed by atoms with E-state index < -0.39 is 8.32 Å². The molecule has 1 aromatic heterocycles. The monoisotopic (exact) mass is 548 g/mol. The van der Waals surface area contributed by atoms with Crippen LogP contribution < -0.4 is 11.1 Å². The van der Waals surface area contributed by atoms with Gasteiger partial charge in [0, 0.05) is 24.4 Å². The van der Waals surface area contributed by atoms with Gasteiger partial charge in [-0.15, -0.1) is 0 Å². The number of aromatic nitrogens is 2. The van der Waals surface area contributed by atoms with Crippen LogP contribution in [0, 0.1) is 11.8 Å². The summed E-state index contributed by atoms with van der Waals surface area (Å²) < 4.78 is 6.99. The minimum absolute atomic E-state index is 0.00435. The number of carbonyl (C=O) groups is 1. The molecule has 212 valence electrons. The van der Waals surface area contributed by atoms with Gasteiger partial charge in [0.1, 0.15) is 5.82 Å². The highest BCUT2D eigenvalue weighted by Crippen LogP contribution is 2.38. The zero-order valence-corrected chi connectivity index (χ0v) is 25.8. The molecule has 7 heteroatoms. The van der Waals surface area contributed by atoms with Gasteiger partial charge in [-0.25, -0.2) is 4.98 Å². The van der Waals surface area contributed by atoms with E-state index >= 15 is 0 Å². The van der Waals surface area contributed by atoms with Crippen LogP contribution in [-0.4, -0.2) is 36.3 Å². The first-order chi connectivity index (χ1) is 18.4. The Balaban J connectivity index is 1.92. The maximum absolute atomic E-state index is 14.0. The van der Waals surface area contributed by atoms with Crippen LogP contribution in [0.4, 0.5) is 0 Å². The van der Waals surface area contributed by atoms with Gasteiger partial charge < -0.3 is 20.5 Å². The average molecular weight is 549 g/mol. The molecule has 0 radical (unpaired) electrons. The van der Waals surface area contributed by atoms with E-state index in [-0.39, 0.29) is 41.0 Å². The van der Waals surface area contributed by atoms with Crippen molar-refractivity contribution in [3.8, 4) is 0 Å². The zero-order valence-electron chi connectivity index (χ0n) is 24.8. The molecule has 0 saturated carbocycles. The Hall–Kier alpha value is -2.74. The summed E-state index contributed by atoms with van der Waals surface area (Å²) in [7, 11) is -2.16. The molecule has 6 nitrogen and oxygen atoms in total. The first-order valence-electron chi connectivity index (χ1n) is 14.2. The third kappa shape index (κ3) is 8.88. The Labute approximate surface area is 236 Å². The molecule has 0 unspecified atom stereocenters. The standard InChI is InChI=1S/C32H48N4O2Si/c1-23(2)29(30-34-18-19-35-30)36-31(37)26(20-24-14-10-8-11-15-24)22-28(38-39(6,7)32(3,4)5)27(33)21-25-16-12-9-13-17-25/h8-19,23,26-29H,20-22,33H2,1-7H3,(H,34,35)(H,36,37)/t26-,27+,28+,29+/m1/s1. The molecule has 0 aliphatic carbocycles. The molecular weight excluding hydrogens is 500 g/mol. The summed E-state index contributed by atoms with van der Waals surface area (Å²) in [6, 6.07) is 20.1. The van der Waals surface area contributed by atoms with Crippen molar-refractivity contribution >= 4 is 14.2 Å². The number of H-pyrrole nitrogens is 1. The minimum Gasteiger partial charge on any atom is -0.412 e. The molecule has 0 saturated heterocycles. The van der Waals surface area contributed by atoms with Crippen LogP contribution in [0.15, 0.2) is 73.1 Å². The van der Waals surface area contributed by atoms with E-state index in [0.717, 1.165) is 11.4 Å². The Kier molecular flexibility index (Phi) is 10.7. The van der Waals surface area contributed by atoms with Crippen molar-refractivity contribution in [1.29, 1.82) is 0 Å². The molecule has 2 aromatic carbocycles. The topological polar surface area (TPSA) is 93.0 Å². The molecule has 0 aliphatic rings. The lowest BCUT2D eigenvalue weighted by atomic mass is 9.88. The second-order valence-corrected chi connectivity index (χ2v) is 17.4. The number of rotatable bonds is 13. The van der Waals surface area contributed by atoms with E-state index in [1.54, 1.807) is 12.4 Å². The third-order valence-corrected chi connectivity index (χ3v) is 12.5. The van der Waals surface area contributed by atoms with Crippen LogP contribution in [0.5, 0.6) is 0 Å². The summed E-state index contributed by atoms with van der Waals surface area (Å²) in [5, 5.41) is 3.33. The Morgan fingerprint density at radius 1 is 1.00 bits per heavy atom. The molecular formula is C32H48N4O2Si. The summed E-state index contributed by atoms with van der Waals surface area (Å²) >= 11 is 0. The summed E-state index contributed by atoms with van der Waals surface area (Å²) in [4.78, 5) is 21.6. The number of aromatic amines is 1. The maximum atomic E-state index is 14.0. The fourth-order valence-corrected chi connectivity index (χ4v) is 6.00. The van der Waals surface area contributed by atoms with Gasteiger partial charge in [-0.3, -0.25) is 4.79 Å². The SMILES string of the molecule is CC(C)[C@H](NC(=O)[C@H](Cc1ccccc1)C[C@H](O[Si](C)(C)C(C)(C)C)[C@@H](N)Cc1ccccc1)c1ncc[nH]1. The highest BCUT2D eigenvalue weighted by atomic mass is 28.4. The average Bonchev–Trinajstić information content (AvgIpc) is 3.41. The van der Waals surface area contributed by atoms with E-state index in [4.69, 9.17) is 10.2 Å². The van der Waals surface area contributed by atoms with Crippen molar-refractivity contribution in [1.82, 2.24) is 15.3 Å². The number of carbonyl (C=O) groups excluding carboxylic acids is 1. The van der Waals surface area contributed by atoms with E-state index in [0.29, 0.717) is 19.3 Å². The minimum atomic E-state index is -2.16. The molecule has 0 fully saturated rings. The van der Waals surface area contributed by atoms with Gasteiger partial charge in [0.25, 0.3) is 0 Å².